The number of hydrogen-bond acceptors (Lipinski definition) is 8. The van der Waals surface area contributed by atoms with Gasteiger partial charge in [-0.3, -0.25) is 4.90 Å². The summed E-state index contributed by atoms with van der Waals surface area (Å²) in [4.78, 5) is 2.60. The van der Waals surface area contributed by atoms with Crippen molar-refractivity contribution in [3.63, 3.8) is 0 Å². The van der Waals surface area contributed by atoms with Gasteiger partial charge < -0.3 is 34.1 Å². The standard InChI is InChI=1S/C32H48N2O6/c1-36-18-15-24-8-11-28(12-9-24)40-23-27(35)21-33-26-14-17-34(22-26)29-6-4-5-7-30(29)39-19-16-25-10-13-31(37-2)32(20-25)38-3/h8-13,20,26-27,29-30,33,35H,4-7,14-19,21-23H2,1-3H3/t26-,27?,29+,30+/m1/s1. The fourth-order valence-corrected chi connectivity index (χ4v) is 5.84. The van der Waals surface area contributed by atoms with Crippen molar-refractivity contribution < 1.29 is 28.8 Å². The molecule has 1 aliphatic carbocycles. The van der Waals surface area contributed by atoms with E-state index >= 15 is 0 Å². The van der Waals surface area contributed by atoms with Gasteiger partial charge in [-0.2, -0.15) is 0 Å². The molecule has 1 unspecified atom stereocenters. The van der Waals surface area contributed by atoms with Gasteiger partial charge >= 0.3 is 0 Å². The average Bonchev–Trinajstić information content (AvgIpc) is 3.47. The van der Waals surface area contributed by atoms with Crippen LogP contribution in [0.5, 0.6) is 17.2 Å². The second kappa shape index (κ2) is 16.2. The van der Waals surface area contributed by atoms with Gasteiger partial charge in [0.1, 0.15) is 18.5 Å². The predicted molar refractivity (Wildman–Crippen MR) is 157 cm³/mol. The van der Waals surface area contributed by atoms with E-state index in [4.69, 9.17) is 23.7 Å². The highest BCUT2D eigenvalue weighted by atomic mass is 16.5. The fourth-order valence-electron chi connectivity index (χ4n) is 5.84. The third-order valence-corrected chi connectivity index (χ3v) is 8.13. The molecular weight excluding hydrogens is 508 g/mol. The largest absolute Gasteiger partial charge is 0.493 e. The highest BCUT2D eigenvalue weighted by molar-refractivity contribution is 5.42. The Balaban J connectivity index is 1.16. The molecule has 8 heteroatoms. The Bertz CT molecular complexity index is 1000. The number of aliphatic hydroxyl groups excluding tert-OH is 1. The van der Waals surface area contributed by atoms with Crippen molar-refractivity contribution in [1.29, 1.82) is 0 Å². The van der Waals surface area contributed by atoms with E-state index in [9.17, 15) is 5.11 Å². The Morgan fingerprint density at radius 2 is 1.65 bits per heavy atom. The summed E-state index contributed by atoms with van der Waals surface area (Å²) in [6.07, 6.45) is 7.35. The van der Waals surface area contributed by atoms with Crippen LogP contribution in [0.1, 0.15) is 43.2 Å². The van der Waals surface area contributed by atoms with Crippen molar-refractivity contribution in [3.05, 3.63) is 53.6 Å². The molecule has 4 rings (SSSR count). The monoisotopic (exact) mass is 556 g/mol. The number of methoxy groups -OCH3 is 3. The summed E-state index contributed by atoms with van der Waals surface area (Å²) in [6.45, 7) is 4.28. The normalized spacial score (nSPS) is 22.2. The van der Waals surface area contributed by atoms with Crippen molar-refractivity contribution >= 4 is 0 Å². The van der Waals surface area contributed by atoms with E-state index in [0.29, 0.717) is 31.8 Å². The van der Waals surface area contributed by atoms with E-state index in [-0.39, 0.29) is 12.7 Å². The van der Waals surface area contributed by atoms with Gasteiger partial charge in [-0.15, -0.1) is 0 Å². The summed E-state index contributed by atoms with van der Waals surface area (Å²) in [5.41, 5.74) is 2.41. The van der Waals surface area contributed by atoms with Crippen molar-refractivity contribution in [2.75, 3.05) is 60.8 Å². The Kier molecular flexibility index (Phi) is 12.4. The van der Waals surface area contributed by atoms with Crippen LogP contribution >= 0.6 is 0 Å². The molecule has 222 valence electrons. The lowest BCUT2D eigenvalue weighted by atomic mass is 9.91. The highest BCUT2D eigenvalue weighted by Crippen LogP contribution is 2.30. The quantitative estimate of drug-likeness (QED) is 0.323. The SMILES string of the molecule is COCCc1ccc(OCC(O)CN[C@@H]2CCN([C@H]3CCCC[C@@H]3OCCc3ccc(OC)c(OC)c3)C2)cc1. The smallest absolute Gasteiger partial charge is 0.160 e. The van der Waals surface area contributed by atoms with Crippen molar-refractivity contribution in [1.82, 2.24) is 10.2 Å². The minimum atomic E-state index is -0.551. The van der Waals surface area contributed by atoms with Gasteiger partial charge in [-0.05, 0) is 67.5 Å². The van der Waals surface area contributed by atoms with Crippen LogP contribution in [-0.2, 0) is 22.3 Å². The Hall–Kier alpha value is -2.36. The van der Waals surface area contributed by atoms with Crippen LogP contribution in [0.4, 0.5) is 0 Å². The lowest BCUT2D eigenvalue weighted by molar-refractivity contribution is -0.0296. The highest BCUT2D eigenvalue weighted by Gasteiger charge is 2.35. The molecule has 0 radical (unpaired) electrons. The van der Waals surface area contributed by atoms with E-state index in [1.807, 2.05) is 36.4 Å². The minimum Gasteiger partial charge on any atom is -0.493 e. The van der Waals surface area contributed by atoms with Crippen LogP contribution in [0.2, 0.25) is 0 Å². The summed E-state index contributed by atoms with van der Waals surface area (Å²) >= 11 is 0. The zero-order chi connectivity index (χ0) is 28.2. The number of rotatable bonds is 16. The first-order chi connectivity index (χ1) is 19.6. The van der Waals surface area contributed by atoms with Gasteiger partial charge in [0.2, 0.25) is 0 Å². The summed E-state index contributed by atoms with van der Waals surface area (Å²) in [7, 11) is 5.04. The van der Waals surface area contributed by atoms with Gasteiger partial charge in [-0.1, -0.05) is 31.0 Å². The number of ether oxygens (including phenoxy) is 5. The molecule has 40 heavy (non-hydrogen) atoms. The van der Waals surface area contributed by atoms with Gasteiger partial charge in [0, 0.05) is 38.8 Å². The van der Waals surface area contributed by atoms with E-state index in [2.05, 4.69) is 16.3 Å². The molecule has 1 saturated heterocycles. The molecule has 0 bridgehead atoms. The zero-order valence-electron chi connectivity index (χ0n) is 24.5. The number of aliphatic hydroxyl groups is 1. The second-order valence-electron chi connectivity index (χ2n) is 10.9. The van der Waals surface area contributed by atoms with Crippen LogP contribution in [0.25, 0.3) is 0 Å². The lowest BCUT2D eigenvalue weighted by Crippen LogP contribution is -2.47. The summed E-state index contributed by atoms with van der Waals surface area (Å²) in [5, 5.41) is 14.1. The van der Waals surface area contributed by atoms with Gasteiger partial charge in [-0.25, -0.2) is 0 Å². The first-order valence-corrected chi connectivity index (χ1v) is 14.8. The molecule has 0 amide bonds. The molecule has 8 nitrogen and oxygen atoms in total. The van der Waals surface area contributed by atoms with Crippen LogP contribution in [-0.4, -0.2) is 95.1 Å². The average molecular weight is 557 g/mol. The third kappa shape index (κ3) is 9.08. The summed E-state index contributed by atoms with van der Waals surface area (Å²) < 4.78 is 28.2. The number of nitrogens with zero attached hydrogens (tertiary/aromatic N) is 1. The van der Waals surface area contributed by atoms with Gasteiger partial charge in [0.25, 0.3) is 0 Å². The van der Waals surface area contributed by atoms with Crippen LogP contribution in [0, 0.1) is 0 Å². The molecule has 1 aliphatic heterocycles. The van der Waals surface area contributed by atoms with Gasteiger partial charge in [0.15, 0.2) is 11.5 Å². The first kappa shape index (κ1) is 30.6. The second-order valence-corrected chi connectivity index (χ2v) is 10.9. The Labute approximate surface area is 239 Å². The molecule has 4 atom stereocenters. The maximum atomic E-state index is 10.5. The number of benzene rings is 2. The molecule has 1 heterocycles. The topological polar surface area (TPSA) is 81.7 Å². The predicted octanol–water partition coefficient (Wildman–Crippen LogP) is 3.87. The molecular formula is C32H48N2O6. The fraction of sp³-hybridized carbons (Fsp3) is 0.625. The molecule has 2 aromatic carbocycles. The van der Waals surface area contributed by atoms with Gasteiger partial charge in [0.05, 0.1) is 33.5 Å². The van der Waals surface area contributed by atoms with Crippen molar-refractivity contribution in [2.24, 2.45) is 0 Å². The van der Waals surface area contributed by atoms with E-state index in [1.54, 1.807) is 21.3 Å². The Morgan fingerprint density at radius 3 is 2.42 bits per heavy atom. The summed E-state index contributed by atoms with van der Waals surface area (Å²) in [6, 6.07) is 14.9. The Morgan fingerprint density at radius 1 is 0.900 bits per heavy atom. The maximum Gasteiger partial charge on any atom is 0.160 e. The molecule has 0 aromatic heterocycles. The third-order valence-electron chi connectivity index (χ3n) is 8.13. The minimum absolute atomic E-state index is 0.271. The summed E-state index contributed by atoms with van der Waals surface area (Å²) in [5.74, 6) is 2.29. The maximum absolute atomic E-state index is 10.5. The lowest BCUT2D eigenvalue weighted by Gasteiger charge is -2.38. The first-order valence-electron chi connectivity index (χ1n) is 14.8. The number of nitrogens with one attached hydrogen (secondary N) is 1. The molecule has 2 aliphatic rings. The van der Waals surface area contributed by atoms with E-state index in [0.717, 1.165) is 56.0 Å². The molecule has 2 fully saturated rings. The van der Waals surface area contributed by atoms with E-state index in [1.165, 1.54) is 30.4 Å². The van der Waals surface area contributed by atoms with Crippen LogP contribution < -0.4 is 19.5 Å². The van der Waals surface area contributed by atoms with Crippen molar-refractivity contribution in [2.45, 2.75) is 69.2 Å². The van der Waals surface area contributed by atoms with Crippen LogP contribution in [0.3, 0.4) is 0 Å². The molecule has 0 spiro atoms. The van der Waals surface area contributed by atoms with Crippen molar-refractivity contribution in [3.8, 4) is 17.2 Å². The van der Waals surface area contributed by atoms with Crippen LogP contribution in [0.15, 0.2) is 42.5 Å². The zero-order valence-corrected chi connectivity index (χ0v) is 24.5. The number of likely N-dealkylation sites (tertiary alicyclic amines) is 1. The molecule has 2 N–H and O–H groups in total. The number of hydrogen-bond donors (Lipinski definition) is 2. The molecule has 2 aromatic rings. The van der Waals surface area contributed by atoms with E-state index < -0.39 is 6.10 Å². The molecule has 1 saturated carbocycles.